The van der Waals surface area contributed by atoms with Crippen molar-refractivity contribution in [2.24, 2.45) is 0 Å². The zero-order valence-electron chi connectivity index (χ0n) is 9.45. The number of Topliss-reactive ketones (excluding diaryl/α,β-unsaturated/α-hetero) is 1. The molecule has 3 nitrogen and oxygen atoms in total. The van der Waals surface area contributed by atoms with Crippen molar-refractivity contribution in [3.63, 3.8) is 0 Å². The molecule has 0 spiro atoms. The SMILES string of the molecule is CC(=O)CSCc1cccc(NC(C)=O)c1. The fraction of sp³-hybridized carbons (Fsp3) is 0.333. The molecular weight excluding hydrogens is 222 g/mol. The Balaban J connectivity index is 2.53. The molecule has 0 atom stereocenters. The number of rotatable bonds is 5. The van der Waals surface area contributed by atoms with Crippen molar-refractivity contribution in [1.29, 1.82) is 0 Å². The maximum Gasteiger partial charge on any atom is 0.221 e. The minimum absolute atomic E-state index is 0.0754. The van der Waals surface area contributed by atoms with Crippen LogP contribution in [0.3, 0.4) is 0 Å². The van der Waals surface area contributed by atoms with Gasteiger partial charge >= 0.3 is 0 Å². The minimum Gasteiger partial charge on any atom is -0.326 e. The van der Waals surface area contributed by atoms with Gasteiger partial charge in [0.2, 0.25) is 5.91 Å². The van der Waals surface area contributed by atoms with Crippen LogP contribution in [-0.2, 0) is 15.3 Å². The number of hydrogen-bond acceptors (Lipinski definition) is 3. The molecule has 0 aliphatic carbocycles. The number of hydrogen-bond donors (Lipinski definition) is 1. The van der Waals surface area contributed by atoms with Gasteiger partial charge in [-0.25, -0.2) is 0 Å². The molecule has 1 N–H and O–H groups in total. The van der Waals surface area contributed by atoms with Gasteiger partial charge in [-0.3, -0.25) is 9.59 Å². The second kappa shape index (κ2) is 6.33. The molecule has 0 aromatic heterocycles. The molecule has 16 heavy (non-hydrogen) atoms. The Kier molecular flexibility index (Phi) is 5.05. The van der Waals surface area contributed by atoms with Crippen molar-refractivity contribution < 1.29 is 9.59 Å². The molecule has 86 valence electrons. The molecule has 0 saturated carbocycles. The third-order valence-electron chi connectivity index (χ3n) is 1.82. The average molecular weight is 237 g/mol. The highest BCUT2D eigenvalue weighted by molar-refractivity contribution is 7.99. The number of carbonyl (C=O) groups excluding carboxylic acids is 2. The van der Waals surface area contributed by atoms with Crippen molar-refractivity contribution in [2.75, 3.05) is 11.1 Å². The van der Waals surface area contributed by atoms with Crippen molar-refractivity contribution in [3.8, 4) is 0 Å². The van der Waals surface area contributed by atoms with Crippen LogP contribution in [0.2, 0.25) is 0 Å². The Bertz CT molecular complexity index is 390. The normalized spacial score (nSPS) is 9.88. The summed E-state index contributed by atoms with van der Waals surface area (Å²) in [7, 11) is 0. The summed E-state index contributed by atoms with van der Waals surface area (Å²) in [5.41, 5.74) is 1.91. The van der Waals surface area contributed by atoms with Gasteiger partial charge in [0.15, 0.2) is 0 Å². The van der Waals surface area contributed by atoms with Gasteiger partial charge in [0.25, 0.3) is 0 Å². The maximum absolute atomic E-state index is 10.9. The largest absolute Gasteiger partial charge is 0.326 e. The lowest BCUT2D eigenvalue weighted by Gasteiger charge is -2.05. The molecule has 0 bridgehead atoms. The lowest BCUT2D eigenvalue weighted by molar-refractivity contribution is -0.115. The van der Waals surface area contributed by atoms with E-state index in [9.17, 15) is 9.59 Å². The van der Waals surface area contributed by atoms with E-state index in [-0.39, 0.29) is 11.7 Å². The predicted molar refractivity (Wildman–Crippen MR) is 67.6 cm³/mol. The zero-order chi connectivity index (χ0) is 12.0. The monoisotopic (exact) mass is 237 g/mol. The molecule has 4 heteroatoms. The van der Waals surface area contributed by atoms with Gasteiger partial charge in [0.1, 0.15) is 5.78 Å². The van der Waals surface area contributed by atoms with E-state index in [1.165, 1.54) is 6.92 Å². The van der Waals surface area contributed by atoms with E-state index in [1.54, 1.807) is 18.7 Å². The van der Waals surface area contributed by atoms with Crippen LogP contribution in [0.1, 0.15) is 19.4 Å². The second-order valence-corrected chi connectivity index (χ2v) is 4.56. The number of carbonyl (C=O) groups is 2. The summed E-state index contributed by atoms with van der Waals surface area (Å²) >= 11 is 1.58. The highest BCUT2D eigenvalue weighted by Crippen LogP contribution is 2.16. The number of amides is 1. The van der Waals surface area contributed by atoms with E-state index in [0.29, 0.717) is 5.75 Å². The van der Waals surface area contributed by atoms with Gasteiger partial charge in [-0.05, 0) is 24.6 Å². The van der Waals surface area contributed by atoms with Crippen molar-refractivity contribution in [1.82, 2.24) is 0 Å². The molecule has 0 heterocycles. The Morgan fingerprint density at radius 1 is 1.31 bits per heavy atom. The van der Waals surface area contributed by atoms with Crippen LogP contribution in [0.4, 0.5) is 5.69 Å². The van der Waals surface area contributed by atoms with Gasteiger partial charge in [-0.1, -0.05) is 12.1 Å². The van der Waals surface area contributed by atoms with Crippen LogP contribution in [0.5, 0.6) is 0 Å². The predicted octanol–water partition coefficient (Wildman–Crippen LogP) is 2.47. The summed E-state index contributed by atoms with van der Waals surface area (Å²) in [6.45, 7) is 3.07. The lowest BCUT2D eigenvalue weighted by Crippen LogP contribution is -2.05. The van der Waals surface area contributed by atoms with E-state index in [0.717, 1.165) is 17.0 Å². The highest BCUT2D eigenvalue weighted by Gasteiger charge is 1.99. The fourth-order valence-corrected chi connectivity index (χ4v) is 2.06. The van der Waals surface area contributed by atoms with Gasteiger partial charge in [-0.2, -0.15) is 0 Å². The van der Waals surface area contributed by atoms with Crippen molar-refractivity contribution in [3.05, 3.63) is 29.8 Å². The maximum atomic E-state index is 10.9. The van der Waals surface area contributed by atoms with Crippen LogP contribution in [0, 0.1) is 0 Å². The molecule has 0 radical (unpaired) electrons. The third-order valence-corrected chi connectivity index (χ3v) is 2.97. The van der Waals surface area contributed by atoms with Gasteiger partial charge < -0.3 is 5.32 Å². The quantitative estimate of drug-likeness (QED) is 0.855. The number of benzene rings is 1. The van der Waals surface area contributed by atoms with Crippen LogP contribution in [-0.4, -0.2) is 17.4 Å². The second-order valence-electron chi connectivity index (χ2n) is 3.58. The van der Waals surface area contributed by atoms with Gasteiger partial charge in [-0.15, -0.1) is 11.8 Å². The fourth-order valence-electron chi connectivity index (χ4n) is 1.25. The standard InChI is InChI=1S/C12H15NO2S/c1-9(14)7-16-8-11-4-3-5-12(6-11)13-10(2)15/h3-6H,7-8H2,1-2H3,(H,13,15). The summed E-state index contributed by atoms with van der Waals surface area (Å²) in [5, 5.41) is 2.73. The molecule has 0 unspecified atom stereocenters. The topological polar surface area (TPSA) is 46.2 Å². The Morgan fingerprint density at radius 2 is 2.06 bits per heavy atom. The molecule has 1 amide bonds. The molecule has 1 aromatic carbocycles. The molecule has 0 fully saturated rings. The highest BCUT2D eigenvalue weighted by atomic mass is 32.2. The third kappa shape index (κ3) is 4.98. The number of anilines is 1. The van der Waals surface area contributed by atoms with E-state index in [4.69, 9.17) is 0 Å². The van der Waals surface area contributed by atoms with Crippen LogP contribution < -0.4 is 5.32 Å². The van der Waals surface area contributed by atoms with Crippen molar-refractivity contribution >= 4 is 29.1 Å². The number of ketones is 1. The summed E-state index contributed by atoms with van der Waals surface area (Å²) in [6, 6.07) is 7.66. The first-order valence-corrected chi connectivity index (χ1v) is 6.17. The van der Waals surface area contributed by atoms with Crippen LogP contribution in [0.25, 0.3) is 0 Å². The van der Waals surface area contributed by atoms with E-state index in [2.05, 4.69) is 5.32 Å². The van der Waals surface area contributed by atoms with Gasteiger partial charge in [0, 0.05) is 18.4 Å². The Morgan fingerprint density at radius 3 is 2.69 bits per heavy atom. The lowest BCUT2D eigenvalue weighted by atomic mass is 10.2. The smallest absolute Gasteiger partial charge is 0.221 e. The Hall–Kier alpha value is -1.29. The molecule has 1 aromatic rings. The number of thioether (sulfide) groups is 1. The first kappa shape index (κ1) is 12.8. The molecule has 1 rings (SSSR count). The summed E-state index contributed by atoms with van der Waals surface area (Å²) in [5.74, 6) is 1.42. The van der Waals surface area contributed by atoms with Gasteiger partial charge in [0.05, 0.1) is 5.75 Å². The van der Waals surface area contributed by atoms with Crippen LogP contribution >= 0.6 is 11.8 Å². The van der Waals surface area contributed by atoms with Crippen LogP contribution in [0.15, 0.2) is 24.3 Å². The molecule has 0 saturated heterocycles. The molecule has 0 aliphatic heterocycles. The van der Waals surface area contributed by atoms with E-state index < -0.39 is 0 Å². The molecule has 0 aliphatic rings. The Labute approximate surface area is 99.6 Å². The summed E-state index contributed by atoms with van der Waals surface area (Å²) in [6.07, 6.45) is 0. The average Bonchev–Trinajstić information content (AvgIpc) is 2.16. The molecular formula is C12H15NO2S. The van der Waals surface area contributed by atoms with E-state index in [1.807, 2.05) is 24.3 Å². The summed E-state index contributed by atoms with van der Waals surface area (Å²) < 4.78 is 0. The number of nitrogens with one attached hydrogen (secondary N) is 1. The first-order valence-electron chi connectivity index (χ1n) is 5.01. The minimum atomic E-state index is -0.0754. The summed E-state index contributed by atoms with van der Waals surface area (Å²) in [4.78, 5) is 21.6. The first-order chi connectivity index (χ1) is 7.58. The zero-order valence-corrected chi connectivity index (χ0v) is 10.3. The van der Waals surface area contributed by atoms with Crippen molar-refractivity contribution in [2.45, 2.75) is 19.6 Å². The van der Waals surface area contributed by atoms with E-state index >= 15 is 0 Å².